The van der Waals surface area contributed by atoms with Gasteiger partial charge in [0.15, 0.2) is 4.64 Å². The highest BCUT2D eigenvalue weighted by atomic mass is 32.2. The number of benzene rings is 1. The molecule has 1 aromatic carbocycles. The molecule has 0 radical (unpaired) electrons. The molecule has 0 spiro atoms. The predicted molar refractivity (Wildman–Crippen MR) is 77.9 cm³/mol. The van der Waals surface area contributed by atoms with Gasteiger partial charge in [-0.1, -0.05) is 6.07 Å². The van der Waals surface area contributed by atoms with Crippen molar-refractivity contribution in [1.82, 2.24) is 4.73 Å². The zero-order valence-electron chi connectivity index (χ0n) is 11.3. The molecule has 2 rings (SSSR count). The number of hydrogen-bond acceptors (Lipinski definition) is 7. The molecule has 0 saturated heterocycles. The molecule has 1 aromatic heterocycles. The zero-order chi connectivity index (χ0) is 17.1. The van der Waals surface area contributed by atoms with Gasteiger partial charge in [0.2, 0.25) is 10.3 Å². The van der Waals surface area contributed by atoms with Crippen LogP contribution < -0.4 is 0 Å². The van der Waals surface area contributed by atoms with Gasteiger partial charge in [-0.3, -0.25) is 20.2 Å². The molecular weight excluding hydrogens is 330 g/mol. The molecule has 2 aromatic rings. The summed E-state index contributed by atoms with van der Waals surface area (Å²) in [6.07, 6.45) is 0.805. The summed E-state index contributed by atoms with van der Waals surface area (Å²) in [4.78, 5) is 20.1. The normalized spacial score (nSPS) is 10.3. The molecule has 0 aliphatic carbocycles. The average molecular weight is 338 g/mol. The first-order valence-electron chi connectivity index (χ1n) is 6.02. The molecular formula is C12H8N3O7S-. The van der Waals surface area contributed by atoms with Crippen molar-refractivity contribution in [2.24, 2.45) is 0 Å². The molecule has 0 unspecified atom stereocenters. The van der Waals surface area contributed by atoms with Gasteiger partial charge < -0.3 is 9.94 Å². The fourth-order valence-corrected chi connectivity index (χ4v) is 2.58. The Morgan fingerprint density at radius 3 is 2.09 bits per heavy atom. The first kappa shape index (κ1) is 16.2. The fourth-order valence-electron chi connectivity index (χ4n) is 2.02. The summed E-state index contributed by atoms with van der Waals surface area (Å²) in [7, 11) is -2.82. The second-order valence-corrected chi connectivity index (χ2v) is 5.30. The van der Waals surface area contributed by atoms with E-state index in [4.69, 9.17) is 0 Å². The second-order valence-electron chi connectivity index (χ2n) is 4.45. The number of rotatable bonds is 4. The maximum atomic E-state index is 11.5. The molecule has 0 aliphatic heterocycles. The Kier molecular flexibility index (Phi) is 4.41. The Morgan fingerprint density at radius 2 is 1.61 bits per heavy atom. The number of aromatic nitrogens is 1. The van der Waals surface area contributed by atoms with Gasteiger partial charge in [-0.2, -0.15) is 8.42 Å². The molecule has 0 aliphatic rings. The molecule has 23 heavy (non-hydrogen) atoms. The minimum atomic E-state index is -2.82. The lowest BCUT2D eigenvalue weighted by atomic mass is 10.1. The lowest BCUT2D eigenvalue weighted by Crippen LogP contribution is -2.01. The van der Waals surface area contributed by atoms with Gasteiger partial charge in [0, 0.05) is 18.6 Å². The van der Waals surface area contributed by atoms with E-state index in [2.05, 4.69) is 0 Å². The van der Waals surface area contributed by atoms with E-state index in [0.717, 1.165) is 24.4 Å². The predicted octanol–water partition coefficient (Wildman–Crippen LogP) is 1.65. The molecule has 11 heteroatoms. The standard InChI is InChI=1S/C12H8N3O7S/c16-13-3-1-2-9(12(13)23(21)22)4-8-5-10(14(17)18)7-11(6-8)15(19)20/h1-3,5-7H,4H2/q-1. The summed E-state index contributed by atoms with van der Waals surface area (Å²) >= 11 is 0. The van der Waals surface area contributed by atoms with Crippen LogP contribution in [0, 0.1) is 30.1 Å². The van der Waals surface area contributed by atoms with Gasteiger partial charge in [0.05, 0.1) is 15.9 Å². The van der Waals surface area contributed by atoms with Crippen LogP contribution in [-0.4, -0.2) is 23.0 Å². The van der Waals surface area contributed by atoms with E-state index in [1.807, 2.05) is 0 Å². The van der Waals surface area contributed by atoms with Crippen molar-refractivity contribution in [3.05, 3.63) is 77.7 Å². The van der Waals surface area contributed by atoms with Gasteiger partial charge in [-0.25, -0.2) is 0 Å². The van der Waals surface area contributed by atoms with Crippen molar-refractivity contribution >= 4 is 21.7 Å². The highest BCUT2D eigenvalue weighted by Crippen LogP contribution is 2.24. The molecule has 0 amide bonds. The first-order chi connectivity index (χ1) is 10.8. The van der Waals surface area contributed by atoms with Crippen LogP contribution >= 0.6 is 0 Å². The van der Waals surface area contributed by atoms with Gasteiger partial charge in [0.25, 0.3) is 11.4 Å². The van der Waals surface area contributed by atoms with E-state index >= 15 is 0 Å². The third kappa shape index (κ3) is 3.52. The average Bonchev–Trinajstić information content (AvgIpc) is 2.46. The molecule has 0 bridgehead atoms. The van der Waals surface area contributed by atoms with Crippen LogP contribution in [0.25, 0.3) is 0 Å². The lowest BCUT2D eigenvalue weighted by molar-refractivity contribution is -0.394. The smallest absolute Gasteiger partial charge is 0.276 e. The fraction of sp³-hybridized carbons (Fsp3) is 0.0833. The number of pyridine rings is 1. The van der Waals surface area contributed by atoms with Crippen LogP contribution in [0.2, 0.25) is 0 Å². The summed E-state index contributed by atoms with van der Waals surface area (Å²) in [5, 5.41) is 33.2. The Hall–Kier alpha value is -3.21. The Labute approximate surface area is 129 Å². The summed E-state index contributed by atoms with van der Waals surface area (Å²) in [6, 6.07) is 5.64. The zero-order valence-corrected chi connectivity index (χ0v) is 12.1. The molecule has 10 nitrogen and oxygen atoms in total. The van der Waals surface area contributed by atoms with E-state index in [-0.39, 0.29) is 22.3 Å². The lowest BCUT2D eigenvalue weighted by Gasteiger charge is -2.12. The van der Waals surface area contributed by atoms with E-state index in [1.54, 1.807) is 0 Å². The Balaban J connectivity index is 2.62. The van der Waals surface area contributed by atoms with Crippen LogP contribution in [0.5, 0.6) is 0 Å². The van der Waals surface area contributed by atoms with Crippen molar-refractivity contribution in [2.75, 3.05) is 0 Å². The molecule has 120 valence electrons. The van der Waals surface area contributed by atoms with Crippen LogP contribution in [-0.2, 0) is 16.7 Å². The number of nitro groups is 2. The van der Waals surface area contributed by atoms with Gasteiger partial charge in [0.1, 0.15) is 0 Å². The molecule has 0 fully saturated rings. The van der Waals surface area contributed by atoms with Crippen LogP contribution in [0.1, 0.15) is 11.1 Å². The van der Waals surface area contributed by atoms with Crippen molar-refractivity contribution in [3.63, 3.8) is 0 Å². The Morgan fingerprint density at radius 1 is 1.04 bits per heavy atom. The van der Waals surface area contributed by atoms with Crippen molar-refractivity contribution in [2.45, 2.75) is 6.42 Å². The van der Waals surface area contributed by atoms with Crippen molar-refractivity contribution < 1.29 is 18.3 Å². The van der Waals surface area contributed by atoms with Gasteiger partial charge >= 0.3 is 0 Å². The molecule has 0 saturated carbocycles. The molecule has 0 N–H and O–H groups in total. The maximum absolute atomic E-state index is 11.5. The van der Waals surface area contributed by atoms with Gasteiger partial charge in [-0.15, -0.1) is 0 Å². The summed E-state index contributed by atoms with van der Waals surface area (Å²) in [5.74, 6) is 0. The van der Waals surface area contributed by atoms with Crippen molar-refractivity contribution in [3.8, 4) is 0 Å². The highest BCUT2D eigenvalue weighted by molar-refractivity contribution is 7.63. The largest absolute Gasteiger partial charge is 0.805 e. The molecule has 0 atom stereocenters. The number of nitro benzene ring substituents is 2. The number of nitrogens with zero attached hydrogens (tertiary/aromatic N) is 3. The topological polar surface area (TPSA) is 148 Å². The van der Waals surface area contributed by atoms with E-state index in [0.29, 0.717) is 0 Å². The minimum absolute atomic E-state index is 0.0747. The third-order valence-corrected chi connectivity index (χ3v) is 3.69. The third-order valence-electron chi connectivity index (χ3n) is 2.93. The monoisotopic (exact) mass is 338 g/mol. The highest BCUT2D eigenvalue weighted by Gasteiger charge is 2.17. The van der Waals surface area contributed by atoms with E-state index in [1.165, 1.54) is 12.1 Å². The van der Waals surface area contributed by atoms with Crippen molar-refractivity contribution in [1.29, 1.82) is 0 Å². The summed E-state index contributed by atoms with van der Waals surface area (Å²) in [6.45, 7) is 0. The first-order valence-corrected chi connectivity index (χ1v) is 7.10. The van der Waals surface area contributed by atoms with Crippen LogP contribution in [0.4, 0.5) is 11.4 Å². The van der Waals surface area contributed by atoms with E-state index in [9.17, 15) is 33.9 Å². The summed E-state index contributed by atoms with van der Waals surface area (Å²) < 4.78 is 21.9. The maximum Gasteiger partial charge on any atom is 0.276 e. The van der Waals surface area contributed by atoms with E-state index < -0.39 is 36.2 Å². The number of non-ortho nitro benzene ring substituents is 2. The van der Waals surface area contributed by atoms with Gasteiger partial charge in [-0.05, 0) is 23.4 Å². The minimum Gasteiger partial charge on any atom is -0.805 e. The number of hydrogen-bond donors (Lipinski definition) is 0. The molecule has 1 heterocycles. The quantitative estimate of drug-likeness (QED) is 0.467. The summed E-state index contributed by atoms with van der Waals surface area (Å²) in [5.41, 5.74) is -0.774. The Bertz CT molecular complexity index is 938. The van der Waals surface area contributed by atoms with Crippen LogP contribution in [0.3, 0.4) is 0 Å². The second kappa shape index (κ2) is 6.27. The SMILES string of the molecule is O=[N+]([O-])c1cc(Cc2cccn([O-])c2=S(=O)=O)cc([N+](=O)[O-])c1. The van der Waals surface area contributed by atoms with Crippen LogP contribution in [0.15, 0.2) is 36.5 Å².